The van der Waals surface area contributed by atoms with Crippen molar-refractivity contribution in [1.29, 1.82) is 0 Å². The molecule has 5 nitrogen and oxygen atoms in total. The summed E-state index contributed by atoms with van der Waals surface area (Å²) in [5.74, 6) is -2.91. The molecular weight excluding hydrogens is 265 g/mol. The van der Waals surface area contributed by atoms with E-state index in [-0.39, 0.29) is 17.2 Å². The predicted molar refractivity (Wildman–Crippen MR) is 71.3 cm³/mol. The van der Waals surface area contributed by atoms with E-state index >= 15 is 0 Å². The summed E-state index contributed by atoms with van der Waals surface area (Å²) < 4.78 is 18.7. The summed E-state index contributed by atoms with van der Waals surface area (Å²) in [5, 5.41) is 11.5. The lowest BCUT2D eigenvalue weighted by molar-refractivity contribution is -0.140. The molecule has 0 saturated carbocycles. The Morgan fingerprint density at radius 3 is 2.60 bits per heavy atom. The van der Waals surface area contributed by atoms with Gasteiger partial charge in [-0.1, -0.05) is 26.3 Å². The van der Waals surface area contributed by atoms with E-state index in [0.717, 1.165) is 6.07 Å². The fourth-order valence-corrected chi connectivity index (χ4v) is 1.79. The summed E-state index contributed by atoms with van der Waals surface area (Å²) >= 11 is 0. The minimum absolute atomic E-state index is 0.0655. The largest absolute Gasteiger partial charge is 0.496 e. The third kappa shape index (κ3) is 3.46. The minimum atomic E-state index is -1.15. The number of halogens is 1. The van der Waals surface area contributed by atoms with E-state index in [0.29, 0.717) is 6.42 Å². The van der Waals surface area contributed by atoms with Crippen molar-refractivity contribution in [2.75, 3.05) is 7.11 Å². The number of carbonyl (C=O) groups is 2. The molecule has 2 N–H and O–H groups in total. The molecule has 1 aromatic carbocycles. The summed E-state index contributed by atoms with van der Waals surface area (Å²) in [6.45, 7) is 3.52. The number of ether oxygens (including phenoxy) is 1. The van der Waals surface area contributed by atoms with Crippen LogP contribution in [0.1, 0.15) is 30.6 Å². The molecule has 0 bridgehead atoms. The van der Waals surface area contributed by atoms with Gasteiger partial charge >= 0.3 is 5.97 Å². The number of hydrogen-bond acceptors (Lipinski definition) is 3. The van der Waals surface area contributed by atoms with Gasteiger partial charge in [0.1, 0.15) is 23.2 Å². The Kier molecular flexibility index (Phi) is 5.49. The first-order valence-electron chi connectivity index (χ1n) is 6.28. The molecular formula is C14H18FNO4. The fraction of sp³-hybridized carbons (Fsp3) is 0.429. The summed E-state index contributed by atoms with van der Waals surface area (Å²) in [6, 6.07) is 2.90. The molecule has 0 aliphatic rings. The lowest BCUT2D eigenvalue weighted by atomic mass is 9.99. The molecule has 20 heavy (non-hydrogen) atoms. The van der Waals surface area contributed by atoms with Crippen LogP contribution < -0.4 is 10.1 Å². The molecule has 0 aliphatic heterocycles. The first kappa shape index (κ1) is 15.9. The van der Waals surface area contributed by atoms with Crippen molar-refractivity contribution < 1.29 is 23.8 Å². The fourth-order valence-electron chi connectivity index (χ4n) is 1.79. The molecule has 0 spiro atoms. The average Bonchev–Trinajstić information content (AvgIpc) is 2.42. The van der Waals surface area contributed by atoms with E-state index in [1.165, 1.54) is 19.2 Å². The van der Waals surface area contributed by atoms with Gasteiger partial charge in [-0.15, -0.1) is 0 Å². The molecule has 0 fully saturated rings. The molecule has 1 amide bonds. The predicted octanol–water partition coefficient (Wildman–Crippen LogP) is 2.06. The third-order valence-corrected chi connectivity index (χ3v) is 3.19. The quantitative estimate of drug-likeness (QED) is 0.838. The van der Waals surface area contributed by atoms with Crippen molar-refractivity contribution in [2.45, 2.75) is 26.3 Å². The molecule has 0 aliphatic carbocycles. The summed E-state index contributed by atoms with van der Waals surface area (Å²) in [4.78, 5) is 23.3. The Bertz CT molecular complexity index is 504. The number of carboxylic acid groups (broad SMARTS) is 1. The van der Waals surface area contributed by atoms with Crippen molar-refractivity contribution in [3.8, 4) is 5.75 Å². The lowest BCUT2D eigenvalue weighted by Gasteiger charge is -2.20. The van der Waals surface area contributed by atoms with Crippen LogP contribution in [0.25, 0.3) is 0 Å². The highest BCUT2D eigenvalue weighted by Crippen LogP contribution is 2.21. The standard InChI is InChI=1S/C14H18FNO4/c1-4-8(2)12(14(18)19)16-13(17)11-9(15)6-5-7-10(11)20-3/h5-8,12H,4H2,1-3H3,(H,16,17)(H,18,19)/t8-,12-/m0/s1. The van der Waals surface area contributed by atoms with Crippen LogP contribution in [-0.4, -0.2) is 30.1 Å². The normalized spacial score (nSPS) is 13.4. The molecule has 2 atom stereocenters. The highest BCUT2D eigenvalue weighted by molar-refractivity contribution is 5.99. The van der Waals surface area contributed by atoms with Crippen LogP contribution in [0.3, 0.4) is 0 Å². The van der Waals surface area contributed by atoms with Gasteiger partial charge in [-0.25, -0.2) is 9.18 Å². The molecule has 0 saturated heterocycles. The van der Waals surface area contributed by atoms with E-state index in [1.807, 2.05) is 6.92 Å². The van der Waals surface area contributed by atoms with Crippen LogP contribution in [0.4, 0.5) is 4.39 Å². The average molecular weight is 283 g/mol. The van der Waals surface area contributed by atoms with Gasteiger partial charge in [0.15, 0.2) is 0 Å². The van der Waals surface area contributed by atoms with E-state index in [4.69, 9.17) is 9.84 Å². The second-order valence-corrected chi connectivity index (χ2v) is 4.49. The molecule has 0 heterocycles. The maximum absolute atomic E-state index is 13.7. The second-order valence-electron chi connectivity index (χ2n) is 4.49. The van der Waals surface area contributed by atoms with Gasteiger partial charge in [-0.3, -0.25) is 4.79 Å². The third-order valence-electron chi connectivity index (χ3n) is 3.19. The Morgan fingerprint density at radius 2 is 2.10 bits per heavy atom. The summed E-state index contributed by atoms with van der Waals surface area (Å²) in [5.41, 5.74) is -0.287. The van der Waals surface area contributed by atoms with Crippen LogP contribution in [0, 0.1) is 11.7 Å². The molecule has 0 unspecified atom stereocenters. The number of benzene rings is 1. The van der Waals surface area contributed by atoms with Gasteiger partial charge in [0.05, 0.1) is 7.11 Å². The maximum atomic E-state index is 13.7. The number of carboxylic acids is 1. The van der Waals surface area contributed by atoms with Gasteiger partial charge in [0.2, 0.25) is 0 Å². The molecule has 6 heteroatoms. The Morgan fingerprint density at radius 1 is 1.45 bits per heavy atom. The van der Waals surface area contributed by atoms with Crippen LogP contribution in [0.2, 0.25) is 0 Å². The zero-order valence-corrected chi connectivity index (χ0v) is 11.6. The number of methoxy groups -OCH3 is 1. The number of nitrogens with one attached hydrogen (secondary N) is 1. The van der Waals surface area contributed by atoms with Crippen molar-refractivity contribution in [3.05, 3.63) is 29.6 Å². The SMILES string of the molecule is CC[C@H](C)[C@H](NC(=O)c1c(F)cccc1OC)C(=O)O. The topological polar surface area (TPSA) is 75.6 Å². The molecule has 1 aromatic rings. The van der Waals surface area contributed by atoms with Gasteiger partial charge in [-0.2, -0.15) is 0 Å². The summed E-state index contributed by atoms with van der Waals surface area (Å²) in [7, 11) is 1.31. The molecule has 0 radical (unpaired) electrons. The van der Waals surface area contributed by atoms with Crippen LogP contribution in [0.5, 0.6) is 5.75 Å². The van der Waals surface area contributed by atoms with Crippen molar-refractivity contribution in [1.82, 2.24) is 5.32 Å². The van der Waals surface area contributed by atoms with Crippen LogP contribution in [-0.2, 0) is 4.79 Å². The van der Waals surface area contributed by atoms with Gasteiger partial charge < -0.3 is 15.2 Å². The first-order chi connectivity index (χ1) is 9.42. The van der Waals surface area contributed by atoms with Crippen molar-refractivity contribution >= 4 is 11.9 Å². The Hall–Kier alpha value is -2.11. The number of carbonyl (C=O) groups excluding carboxylic acids is 1. The number of hydrogen-bond donors (Lipinski definition) is 2. The highest BCUT2D eigenvalue weighted by Gasteiger charge is 2.28. The summed E-state index contributed by atoms with van der Waals surface area (Å²) in [6.07, 6.45) is 0.575. The van der Waals surface area contributed by atoms with Gasteiger partial charge in [0.25, 0.3) is 5.91 Å². The molecule has 110 valence electrons. The molecule has 1 rings (SSSR count). The number of rotatable bonds is 6. The zero-order valence-electron chi connectivity index (χ0n) is 11.6. The smallest absolute Gasteiger partial charge is 0.326 e. The van der Waals surface area contributed by atoms with Gasteiger partial charge in [-0.05, 0) is 18.1 Å². The number of aliphatic carboxylic acids is 1. The highest BCUT2D eigenvalue weighted by atomic mass is 19.1. The number of amides is 1. The van der Waals surface area contributed by atoms with Gasteiger partial charge in [0, 0.05) is 0 Å². The molecule has 0 aromatic heterocycles. The van der Waals surface area contributed by atoms with E-state index < -0.39 is 23.7 Å². The second kappa shape index (κ2) is 6.88. The van der Waals surface area contributed by atoms with E-state index in [1.54, 1.807) is 6.92 Å². The monoisotopic (exact) mass is 283 g/mol. The first-order valence-corrected chi connectivity index (χ1v) is 6.28. The van der Waals surface area contributed by atoms with Crippen LogP contribution in [0.15, 0.2) is 18.2 Å². The van der Waals surface area contributed by atoms with E-state index in [9.17, 15) is 14.0 Å². The Balaban J connectivity index is 3.04. The van der Waals surface area contributed by atoms with Crippen LogP contribution >= 0.6 is 0 Å². The van der Waals surface area contributed by atoms with Crippen molar-refractivity contribution in [2.24, 2.45) is 5.92 Å². The Labute approximate surface area is 116 Å². The van der Waals surface area contributed by atoms with E-state index in [2.05, 4.69) is 5.32 Å². The maximum Gasteiger partial charge on any atom is 0.326 e. The minimum Gasteiger partial charge on any atom is -0.496 e. The lowest BCUT2D eigenvalue weighted by Crippen LogP contribution is -2.45. The zero-order chi connectivity index (χ0) is 15.3. The van der Waals surface area contributed by atoms with Crippen molar-refractivity contribution in [3.63, 3.8) is 0 Å².